The molecule has 0 saturated carbocycles. The lowest BCUT2D eigenvalue weighted by atomic mass is 10.1. The number of ether oxygens (including phenoxy) is 1. The third-order valence-electron chi connectivity index (χ3n) is 3.37. The van der Waals surface area contributed by atoms with Crippen molar-refractivity contribution >= 4 is 39.6 Å². The molecule has 1 heterocycles. The third-order valence-corrected chi connectivity index (χ3v) is 4.74. The fourth-order valence-corrected chi connectivity index (χ4v) is 3.29. The minimum Gasteiger partial charge on any atom is -0.465 e. The zero-order valence-corrected chi connectivity index (χ0v) is 14.7. The first-order valence-corrected chi connectivity index (χ1v) is 8.12. The van der Waals surface area contributed by atoms with Crippen LogP contribution < -0.4 is 10.6 Å². The van der Waals surface area contributed by atoms with Gasteiger partial charge in [0.2, 0.25) is 0 Å². The zero-order chi connectivity index (χ0) is 17.0. The first-order chi connectivity index (χ1) is 10.9. The first-order valence-electron chi connectivity index (χ1n) is 6.90. The van der Waals surface area contributed by atoms with Crippen LogP contribution in [0.3, 0.4) is 0 Å². The summed E-state index contributed by atoms with van der Waals surface area (Å²) >= 11 is 6.70. The zero-order valence-electron chi connectivity index (χ0n) is 13.0. The molecule has 0 fully saturated rings. The van der Waals surface area contributed by atoms with Crippen molar-refractivity contribution in [2.75, 3.05) is 12.4 Å². The lowest BCUT2D eigenvalue weighted by Crippen LogP contribution is -2.28. The highest BCUT2D eigenvalue weighted by molar-refractivity contribution is 7.80. The number of benzene rings is 1. The third kappa shape index (κ3) is 4.27. The molecule has 0 atom stereocenters. The lowest BCUT2D eigenvalue weighted by Gasteiger charge is -2.10. The molecule has 2 aromatic rings. The highest BCUT2D eigenvalue weighted by atomic mass is 32.1. The van der Waals surface area contributed by atoms with Gasteiger partial charge in [-0.3, -0.25) is 0 Å². The van der Waals surface area contributed by atoms with Crippen LogP contribution in [0.1, 0.15) is 26.4 Å². The number of anilines is 1. The van der Waals surface area contributed by atoms with Crippen molar-refractivity contribution in [2.24, 2.45) is 0 Å². The van der Waals surface area contributed by atoms with Gasteiger partial charge in [0.05, 0.1) is 12.7 Å². The second-order valence-electron chi connectivity index (χ2n) is 4.91. The van der Waals surface area contributed by atoms with Gasteiger partial charge in [-0.05, 0) is 49.3 Å². The van der Waals surface area contributed by atoms with Crippen molar-refractivity contribution < 1.29 is 13.9 Å². The van der Waals surface area contributed by atoms with Crippen LogP contribution in [0.25, 0.3) is 0 Å². The molecule has 2 N–H and O–H groups in total. The van der Waals surface area contributed by atoms with E-state index in [1.807, 2.05) is 13.8 Å². The maximum atomic E-state index is 12.9. The molecular weight excluding hydrogens is 335 g/mol. The fourth-order valence-electron chi connectivity index (χ4n) is 1.99. The Morgan fingerprint density at radius 3 is 2.57 bits per heavy atom. The average molecular weight is 352 g/mol. The summed E-state index contributed by atoms with van der Waals surface area (Å²) < 4.78 is 17.7. The van der Waals surface area contributed by atoms with Crippen LogP contribution in [0.15, 0.2) is 24.3 Å². The summed E-state index contributed by atoms with van der Waals surface area (Å²) in [6.45, 7) is 4.27. The van der Waals surface area contributed by atoms with Gasteiger partial charge in [-0.1, -0.05) is 12.1 Å². The van der Waals surface area contributed by atoms with Crippen molar-refractivity contribution in [3.63, 3.8) is 0 Å². The quantitative estimate of drug-likeness (QED) is 0.648. The van der Waals surface area contributed by atoms with Gasteiger partial charge in [0.1, 0.15) is 10.8 Å². The van der Waals surface area contributed by atoms with Crippen molar-refractivity contribution in [3.05, 3.63) is 51.7 Å². The molecule has 0 aliphatic heterocycles. The second kappa shape index (κ2) is 7.52. The Bertz CT molecular complexity index is 726. The molecular formula is C16H17FN2O2S2. The Morgan fingerprint density at radius 1 is 1.30 bits per heavy atom. The minimum absolute atomic E-state index is 0.276. The largest absolute Gasteiger partial charge is 0.465 e. The number of nitrogens with one attached hydrogen (secondary N) is 2. The number of aryl methyl sites for hydroxylation is 1. The van der Waals surface area contributed by atoms with Gasteiger partial charge < -0.3 is 15.4 Å². The van der Waals surface area contributed by atoms with E-state index in [0.717, 1.165) is 16.0 Å². The van der Waals surface area contributed by atoms with E-state index in [4.69, 9.17) is 17.0 Å². The Kier molecular flexibility index (Phi) is 5.68. The summed E-state index contributed by atoms with van der Waals surface area (Å²) in [6.07, 6.45) is 0. The molecule has 0 radical (unpaired) electrons. The van der Waals surface area contributed by atoms with Crippen LogP contribution >= 0.6 is 23.6 Å². The van der Waals surface area contributed by atoms with E-state index in [1.54, 1.807) is 12.1 Å². The van der Waals surface area contributed by atoms with Gasteiger partial charge in [0, 0.05) is 11.4 Å². The number of halogens is 1. The van der Waals surface area contributed by atoms with E-state index in [0.29, 0.717) is 22.2 Å². The van der Waals surface area contributed by atoms with E-state index >= 15 is 0 Å². The van der Waals surface area contributed by atoms with Gasteiger partial charge in [-0.2, -0.15) is 0 Å². The maximum Gasteiger partial charge on any atom is 0.341 e. The molecule has 122 valence electrons. The van der Waals surface area contributed by atoms with Crippen molar-refractivity contribution in [1.82, 2.24) is 5.32 Å². The monoisotopic (exact) mass is 352 g/mol. The van der Waals surface area contributed by atoms with E-state index in [1.165, 1.54) is 30.6 Å². The number of methoxy groups -OCH3 is 1. The van der Waals surface area contributed by atoms with Gasteiger partial charge in [0.15, 0.2) is 5.11 Å². The Hall–Kier alpha value is -1.99. The van der Waals surface area contributed by atoms with E-state index in [9.17, 15) is 9.18 Å². The molecule has 0 unspecified atom stereocenters. The van der Waals surface area contributed by atoms with Crippen LogP contribution in [0.4, 0.5) is 9.39 Å². The summed E-state index contributed by atoms with van der Waals surface area (Å²) in [7, 11) is 1.35. The standard InChI is InChI=1S/C16H17FN2O2S2/c1-9-10(2)23-14(13(9)15(20)21-3)19-16(22)18-8-11-4-6-12(17)7-5-11/h4-7H,8H2,1-3H3,(H2,18,19,22). The molecule has 1 aromatic carbocycles. The fraction of sp³-hybridized carbons (Fsp3) is 0.250. The van der Waals surface area contributed by atoms with Crippen LogP contribution in [0.5, 0.6) is 0 Å². The highest BCUT2D eigenvalue weighted by Gasteiger charge is 2.20. The van der Waals surface area contributed by atoms with Gasteiger partial charge >= 0.3 is 5.97 Å². The first kappa shape index (κ1) is 17.4. The molecule has 0 amide bonds. The molecule has 0 aliphatic carbocycles. The molecule has 23 heavy (non-hydrogen) atoms. The van der Waals surface area contributed by atoms with Crippen LogP contribution in [0.2, 0.25) is 0 Å². The summed E-state index contributed by atoms with van der Waals surface area (Å²) in [4.78, 5) is 12.9. The number of thiophene rings is 1. The molecule has 2 rings (SSSR count). The van der Waals surface area contributed by atoms with Crippen molar-refractivity contribution in [1.29, 1.82) is 0 Å². The average Bonchev–Trinajstić information content (AvgIpc) is 2.80. The number of esters is 1. The van der Waals surface area contributed by atoms with Crippen LogP contribution in [-0.2, 0) is 11.3 Å². The summed E-state index contributed by atoms with van der Waals surface area (Å²) in [6, 6.07) is 6.16. The van der Waals surface area contributed by atoms with Crippen molar-refractivity contribution in [3.8, 4) is 0 Å². The highest BCUT2D eigenvalue weighted by Crippen LogP contribution is 2.32. The normalized spacial score (nSPS) is 10.3. The minimum atomic E-state index is -0.393. The number of hydrogen-bond donors (Lipinski definition) is 2. The molecule has 1 aromatic heterocycles. The number of thiocarbonyl (C=S) groups is 1. The van der Waals surface area contributed by atoms with E-state index in [2.05, 4.69) is 10.6 Å². The summed E-state index contributed by atoms with van der Waals surface area (Å²) in [5, 5.41) is 7.11. The van der Waals surface area contributed by atoms with Gasteiger partial charge in [-0.15, -0.1) is 11.3 Å². The predicted octanol–water partition coefficient (Wildman–Crippen LogP) is 3.78. The topological polar surface area (TPSA) is 50.4 Å². The lowest BCUT2D eigenvalue weighted by molar-refractivity contribution is 0.0601. The second-order valence-corrected chi connectivity index (χ2v) is 6.55. The van der Waals surface area contributed by atoms with Gasteiger partial charge in [-0.25, -0.2) is 9.18 Å². The molecule has 4 nitrogen and oxygen atoms in total. The van der Waals surface area contributed by atoms with E-state index < -0.39 is 5.97 Å². The number of carbonyl (C=O) groups excluding carboxylic acids is 1. The number of carbonyl (C=O) groups is 1. The van der Waals surface area contributed by atoms with E-state index in [-0.39, 0.29) is 5.82 Å². The number of rotatable bonds is 4. The van der Waals surface area contributed by atoms with Crippen molar-refractivity contribution in [2.45, 2.75) is 20.4 Å². The van der Waals surface area contributed by atoms with Crippen LogP contribution in [0, 0.1) is 19.7 Å². The molecule has 0 saturated heterocycles. The Morgan fingerprint density at radius 2 is 1.96 bits per heavy atom. The number of hydrogen-bond acceptors (Lipinski definition) is 4. The predicted molar refractivity (Wildman–Crippen MR) is 94.6 cm³/mol. The van der Waals surface area contributed by atoms with Gasteiger partial charge in [0.25, 0.3) is 0 Å². The SMILES string of the molecule is COC(=O)c1c(NC(=S)NCc2ccc(F)cc2)sc(C)c1C. The molecule has 0 bridgehead atoms. The Balaban J connectivity index is 2.04. The summed E-state index contributed by atoms with van der Waals surface area (Å²) in [5.41, 5.74) is 2.29. The smallest absolute Gasteiger partial charge is 0.341 e. The Labute approximate surface area is 143 Å². The maximum absolute atomic E-state index is 12.9. The van der Waals surface area contributed by atoms with Crippen LogP contribution in [-0.4, -0.2) is 18.2 Å². The molecule has 0 spiro atoms. The molecule has 0 aliphatic rings. The molecule has 7 heteroatoms. The summed E-state index contributed by atoms with van der Waals surface area (Å²) in [5.74, 6) is -0.669.